The van der Waals surface area contributed by atoms with Gasteiger partial charge in [-0.2, -0.15) is 0 Å². The van der Waals surface area contributed by atoms with Gasteiger partial charge in [-0.1, -0.05) is 12.1 Å². The zero-order valence-corrected chi connectivity index (χ0v) is 16.1. The molecule has 4 heteroatoms. The number of amides is 1. The van der Waals surface area contributed by atoms with Gasteiger partial charge in [-0.25, -0.2) is 0 Å². The lowest BCUT2D eigenvalue weighted by atomic mass is 10.1. The average molecular weight is 352 g/mol. The van der Waals surface area contributed by atoms with Crippen molar-refractivity contribution in [3.8, 4) is 5.75 Å². The Morgan fingerprint density at radius 3 is 2.42 bits per heavy atom. The quantitative estimate of drug-likeness (QED) is 0.792. The molecule has 0 aromatic heterocycles. The monoisotopic (exact) mass is 352 g/mol. The van der Waals surface area contributed by atoms with Crippen LogP contribution in [0.4, 0.5) is 11.4 Å². The Morgan fingerprint density at radius 1 is 1.15 bits per heavy atom. The number of aryl methyl sites for hydroxylation is 1. The van der Waals surface area contributed by atoms with Gasteiger partial charge in [0, 0.05) is 30.4 Å². The van der Waals surface area contributed by atoms with Crippen molar-refractivity contribution in [2.75, 3.05) is 30.4 Å². The number of rotatable bonds is 7. The van der Waals surface area contributed by atoms with Crippen LogP contribution in [0.2, 0.25) is 0 Å². The van der Waals surface area contributed by atoms with Crippen molar-refractivity contribution in [2.45, 2.75) is 33.1 Å². The summed E-state index contributed by atoms with van der Waals surface area (Å²) in [7, 11) is 1.66. The fraction of sp³-hybridized carbons (Fsp3) is 0.409. The van der Waals surface area contributed by atoms with E-state index < -0.39 is 0 Å². The van der Waals surface area contributed by atoms with Gasteiger partial charge in [0.15, 0.2) is 0 Å². The number of nitrogens with zero attached hydrogens (tertiary/aromatic N) is 1. The molecule has 138 valence electrons. The van der Waals surface area contributed by atoms with Crippen molar-refractivity contribution in [1.82, 2.24) is 0 Å². The van der Waals surface area contributed by atoms with Crippen LogP contribution >= 0.6 is 0 Å². The molecule has 0 saturated heterocycles. The van der Waals surface area contributed by atoms with E-state index in [2.05, 4.69) is 55.3 Å². The first kappa shape index (κ1) is 18.3. The highest BCUT2D eigenvalue weighted by Crippen LogP contribution is 2.48. The van der Waals surface area contributed by atoms with Crippen LogP contribution in [0.1, 0.15) is 37.3 Å². The molecule has 26 heavy (non-hydrogen) atoms. The van der Waals surface area contributed by atoms with Crippen LogP contribution in [0.3, 0.4) is 0 Å². The molecule has 0 bridgehead atoms. The molecule has 1 aliphatic rings. The highest BCUT2D eigenvalue weighted by molar-refractivity contribution is 5.96. The number of hydrogen-bond acceptors (Lipinski definition) is 3. The van der Waals surface area contributed by atoms with Crippen LogP contribution in [0.25, 0.3) is 0 Å². The third-order valence-corrected chi connectivity index (χ3v) is 5.27. The maximum Gasteiger partial charge on any atom is 0.228 e. The van der Waals surface area contributed by atoms with Crippen LogP contribution in [-0.4, -0.2) is 26.1 Å². The van der Waals surface area contributed by atoms with E-state index in [4.69, 9.17) is 4.74 Å². The molecule has 0 aliphatic heterocycles. The third kappa shape index (κ3) is 3.85. The normalized spacial score (nSPS) is 18.3. The summed E-state index contributed by atoms with van der Waals surface area (Å²) < 4.78 is 5.20. The van der Waals surface area contributed by atoms with Crippen molar-refractivity contribution < 1.29 is 9.53 Å². The summed E-state index contributed by atoms with van der Waals surface area (Å²) in [6.07, 6.45) is 0.911. The van der Waals surface area contributed by atoms with E-state index in [-0.39, 0.29) is 11.8 Å². The van der Waals surface area contributed by atoms with Crippen molar-refractivity contribution in [2.24, 2.45) is 5.92 Å². The molecule has 0 spiro atoms. The summed E-state index contributed by atoms with van der Waals surface area (Å²) in [6.45, 7) is 8.32. The smallest absolute Gasteiger partial charge is 0.228 e. The Hall–Kier alpha value is -2.49. The SMILES string of the molecule is CCN(CC)c1ccc(NC(=O)C2CC2c2ccc(OC)cc2)c(C)c1. The molecule has 0 heterocycles. The zero-order chi connectivity index (χ0) is 18.7. The number of carbonyl (C=O) groups is 1. The predicted octanol–water partition coefficient (Wildman–Crippen LogP) is 4.59. The number of hydrogen-bond donors (Lipinski definition) is 1. The molecule has 1 N–H and O–H groups in total. The van der Waals surface area contributed by atoms with E-state index in [0.717, 1.165) is 36.5 Å². The van der Waals surface area contributed by atoms with Gasteiger partial charge in [0.25, 0.3) is 0 Å². The average Bonchev–Trinajstić information content (AvgIpc) is 3.46. The van der Waals surface area contributed by atoms with E-state index in [9.17, 15) is 4.79 Å². The molecule has 1 fully saturated rings. The predicted molar refractivity (Wildman–Crippen MR) is 107 cm³/mol. The Kier molecular flexibility index (Phi) is 5.50. The molecular weight excluding hydrogens is 324 g/mol. The van der Waals surface area contributed by atoms with Gasteiger partial charge >= 0.3 is 0 Å². The lowest BCUT2D eigenvalue weighted by Crippen LogP contribution is -2.22. The van der Waals surface area contributed by atoms with Crippen molar-refractivity contribution in [3.05, 3.63) is 53.6 Å². The second-order valence-electron chi connectivity index (χ2n) is 6.88. The molecule has 1 aliphatic carbocycles. The van der Waals surface area contributed by atoms with Gasteiger partial charge in [-0.05, 0) is 74.6 Å². The summed E-state index contributed by atoms with van der Waals surface area (Å²) >= 11 is 0. The minimum Gasteiger partial charge on any atom is -0.497 e. The van der Waals surface area contributed by atoms with Crippen LogP contribution in [0.5, 0.6) is 5.75 Å². The fourth-order valence-electron chi connectivity index (χ4n) is 3.50. The minimum absolute atomic E-state index is 0.0604. The lowest BCUT2D eigenvalue weighted by Gasteiger charge is -2.22. The first-order valence-corrected chi connectivity index (χ1v) is 9.37. The van der Waals surface area contributed by atoms with Crippen LogP contribution in [0.15, 0.2) is 42.5 Å². The van der Waals surface area contributed by atoms with Gasteiger partial charge in [0.05, 0.1) is 7.11 Å². The Bertz CT molecular complexity index is 766. The number of nitrogens with one attached hydrogen (secondary N) is 1. The van der Waals surface area contributed by atoms with Gasteiger partial charge in [0.1, 0.15) is 5.75 Å². The highest BCUT2D eigenvalue weighted by atomic mass is 16.5. The first-order valence-electron chi connectivity index (χ1n) is 9.37. The van der Waals surface area contributed by atoms with Crippen molar-refractivity contribution in [1.29, 1.82) is 0 Å². The maximum absolute atomic E-state index is 12.6. The molecule has 2 aromatic carbocycles. The van der Waals surface area contributed by atoms with E-state index >= 15 is 0 Å². The molecular formula is C22H28N2O2. The molecule has 2 aromatic rings. The Morgan fingerprint density at radius 2 is 1.85 bits per heavy atom. The van der Waals surface area contributed by atoms with Gasteiger partial charge in [0.2, 0.25) is 5.91 Å². The van der Waals surface area contributed by atoms with E-state index in [1.165, 1.54) is 11.3 Å². The highest BCUT2D eigenvalue weighted by Gasteiger charge is 2.43. The molecule has 3 rings (SSSR count). The van der Waals surface area contributed by atoms with Crippen molar-refractivity contribution >= 4 is 17.3 Å². The summed E-state index contributed by atoms with van der Waals surface area (Å²) in [5.74, 6) is 1.34. The fourth-order valence-corrected chi connectivity index (χ4v) is 3.50. The maximum atomic E-state index is 12.6. The molecule has 2 atom stereocenters. The first-order chi connectivity index (χ1) is 12.6. The van der Waals surface area contributed by atoms with Gasteiger partial charge in [-0.3, -0.25) is 4.79 Å². The standard InChI is InChI=1S/C22H28N2O2/c1-5-24(6-2)17-9-12-21(15(3)13-17)23-22(25)20-14-19(20)16-7-10-18(26-4)11-8-16/h7-13,19-20H,5-6,14H2,1-4H3,(H,23,25). The van der Waals surface area contributed by atoms with Crippen LogP contribution in [-0.2, 0) is 4.79 Å². The largest absolute Gasteiger partial charge is 0.497 e. The van der Waals surface area contributed by atoms with Gasteiger partial charge < -0.3 is 15.0 Å². The molecule has 0 radical (unpaired) electrons. The van der Waals surface area contributed by atoms with E-state index in [1.807, 2.05) is 18.2 Å². The number of anilines is 2. The number of carbonyl (C=O) groups excluding carboxylic acids is 1. The Balaban J connectivity index is 1.63. The number of methoxy groups -OCH3 is 1. The van der Waals surface area contributed by atoms with E-state index in [0.29, 0.717) is 5.92 Å². The second kappa shape index (κ2) is 7.81. The molecule has 4 nitrogen and oxygen atoms in total. The van der Waals surface area contributed by atoms with Crippen LogP contribution < -0.4 is 15.0 Å². The third-order valence-electron chi connectivity index (χ3n) is 5.27. The molecule has 1 amide bonds. The summed E-state index contributed by atoms with van der Waals surface area (Å²) in [6, 6.07) is 14.3. The van der Waals surface area contributed by atoms with Gasteiger partial charge in [-0.15, -0.1) is 0 Å². The minimum atomic E-state index is 0.0604. The molecule has 1 saturated carbocycles. The molecule has 2 unspecified atom stereocenters. The number of benzene rings is 2. The summed E-state index contributed by atoms with van der Waals surface area (Å²) in [5, 5.41) is 3.11. The lowest BCUT2D eigenvalue weighted by molar-refractivity contribution is -0.117. The second-order valence-corrected chi connectivity index (χ2v) is 6.88. The van der Waals surface area contributed by atoms with Crippen molar-refractivity contribution in [3.63, 3.8) is 0 Å². The Labute approximate surface area is 156 Å². The van der Waals surface area contributed by atoms with E-state index in [1.54, 1.807) is 7.11 Å². The topological polar surface area (TPSA) is 41.6 Å². The van der Waals surface area contributed by atoms with Crippen LogP contribution in [0, 0.1) is 12.8 Å². The number of ether oxygens (including phenoxy) is 1. The zero-order valence-electron chi connectivity index (χ0n) is 16.1. The summed E-state index contributed by atoms with van der Waals surface area (Å²) in [4.78, 5) is 14.9. The summed E-state index contributed by atoms with van der Waals surface area (Å²) in [5.41, 5.74) is 4.42.